The molecule has 4 rings (SSSR count). The van der Waals surface area contributed by atoms with Crippen LogP contribution in [-0.2, 0) is 0 Å². The molecule has 25 heteroatoms. The Morgan fingerprint density at radius 2 is 0.714 bits per heavy atom. The fraction of sp³-hybridized carbons (Fsp3) is 0.632. The molecular weight excluding hydrogens is 955 g/mol. The molecule has 4 aliphatic rings. The Bertz CT molecular complexity index is 1340. The molecule has 0 saturated carbocycles. The van der Waals surface area contributed by atoms with Gasteiger partial charge in [-0.25, -0.2) is 0 Å². The summed E-state index contributed by atoms with van der Waals surface area (Å²) in [4.78, 5) is 18.1. The number of hydrogen-bond donors (Lipinski definition) is 0. The van der Waals surface area contributed by atoms with Crippen molar-refractivity contribution in [2.45, 2.75) is 59.3 Å². The van der Waals surface area contributed by atoms with Crippen molar-refractivity contribution in [1.29, 1.82) is 0 Å². The summed E-state index contributed by atoms with van der Waals surface area (Å²) in [6.45, 7) is 27.8. The molecule has 63 heavy (non-hydrogen) atoms. The zero-order valence-electron chi connectivity index (χ0n) is 36.6. The average molecular weight is 1020 g/mol. The molecule has 4 heterocycles. The first-order valence-corrected chi connectivity index (χ1v) is 27.9. The number of nitrogens with zero attached hydrogens (tertiary/aromatic N) is 8. The third kappa shape index (κ3) is 46.0. The number of unbranched alkanes of at least 4 members (excludes halogenated alkanes) is 3. The summed E-state index contributed by atoms with van der Waals surface area (Å²) in [7, 11) is -21.3. The fourth-order valence-corrected chi connectivity index (χ4v) is 7.48. The summed E-state index contributed by atoms with van der Waals surface area (Å²) in [5.41, 5.74) is 0. The Hall–Kier alpha value is -2.35. The summed E-state index contributed by atoms with van der Waals surface area (Å²) >= 11 is 6.10. The first-order valence-electron chi connectivity index (χ1n) is 20.4. The zero-order chi connectivity index (χ0) is 48.2. The van der Waals surface area contributed by atoms with Crippen molar-refractivity contribution in [3.8, 4) is 0 Å². The molecule has 4 aliphatic heterocycles. The Balaban J connectivity index is 0.000000828. The quantitative estimate of drug-likeness (QED) is 0.0525. The van der Waals surface area contributed by atoms with Crippen molar-refractivity contribution in [1.82, 2.24) is 39.2 Å². The fourth-order valence-electron chi connectivity index (χ4n) is 5.23. The molecule has 0 aromatic rings. The van der Waals surface area contributed by atoms with E-state index in [4.69, 9.17) is 0 Å². The SMILES string of the molecule is C=CN1C=CN(CCCCCSCCCN2C=CN(C=C)C2)C1.C=CN1C=CN(CCSCC)C1.CCCCN1C=CN(CCSCC)C1.F[P-](F)(F)(F)(F)F.F[P-](F)(F)(F)(F)F. The van der Waals surface area contributed by atoms with E-state index in [9.17, 15) is 50.4 Å². The van der Waals surface area contributed by atoms with Crippen LogP contribution in [0.4, 0.5) is 50.4 Å². The second kappa shape index (κ2) is 27.3. The minimum atomic E-state index is -10.7. The molecule has 0 N–H and O–H groups in total. The topological polar surface area (TPSA) is 25.9 Å². The number of thioether (sulfide) groups is 3. The van der Waals surface area contributed by atoms with Crippen LogP contribution in [0.1, 0.15) is 59.3 Å². The molecule has 0 bridgehead atoms. The Kier molecular flexibility index (Phi) is 26.3. The first-order chi connectivity index (χ1) is 28.9. The van der Waals surface area contributed by atoms with Crippen LogP contribution in [-0.4, -0.2) is 133 Å². The van der Waals surface area contributed by atoms with Crippen molar-refractivity contribution in [3.63, 3.8) is 0 Å². The molecule has 0 aliphatic carbocycles. The molecule has 0 saturated heterocycles. The van der Waals surface area contributed by atoms with Crippen LogP contribution in [0.15, 0.2) is 87.9 Å². The van der Waals surface area contributed by atoms with Gasteiger partial charge in [-0.3, -0.25) is 0 Å². The maximum absolute atomic E-state index is 10.7. The predicted octanol–water partition coefficient (Wildman–Crippen LogP) is 14.9. The van der Waals surface area contributed by atoms with Crippen molar-refractivity contribution in [2.75, 3.05) is 93.9 Å². The van der Waals surface area contributed by atoms with Crippen LogP contribution < -0.4 is 0 Å². The standard InChI is InChI=1S/C18H30N4S.C11H22N2S.C9H16N2S.2F6P/c1-3-19-11-13-21(17-19)9-6-5-7-15-23-16-8-10-22-14-12-20(4-2)18-22;1-3-5-6-12-7-8-13(11-12)9-10-14-4-2;1-3-10-5-6-11(9-10)7-8-12-4-2;2*1-7(2,3,4,5)6/h3-4,11-14H,1-2,5-10,15-18H2;7-8H,3-6,9-11H2,1-2H3;3,5-6H,1,4,7-9H2,2H3;;/q;;;2*-1. The zero-order valence-corrected chi connectivity index (χ0v) is 40.8. The first kappa shape index (κ1) is 60.6. The second-order valence-electron chi connectivity index (χ2n) is 14.1. The van der Waals surface area contributed by atoms with Crippen LogP contribution in [0.5, 0.6) is 0 Å². The molecule has 0 unspecified atom stereocenters. The van der Waals surface area contributed by atoms with Gasteiger partial charge in [-0.15, -0.1) is 0 Å². The minimum absolute atomic E-state index is 0.961. The van der Waals surface area contributed by atoms with Gasteiger partial charge in [-0.1, -0.05) is 53.3 Å². The van der Waals surface area contributed by atoms with Crippen LogP contribution >= 0.6 is 50.9 Å². The van der Waals surface area contributed by atoms with Gasteiger partial charge in [-0.05, 0) is 67.3 Å². The molecule has 0 fully saturated rings. The van der Waals surface area contributed by atoms with E-state index in [0.717, 1.165) is 46.3 Å². The van der Waals surface area contributed by atoms with Gasteiger partial charge in [0.25, 0.3) is 0 Å². The molecule has 0 amide bonds. The molecule has 0 radical (unpaired) electrons. The maximum atomic E-state index is 9.87. The second-order valence-corrected chi connectivity index (χ2v) is 21.9. The molecule has 0 spiro atoms. The van der Waals surface area contributed by atoms with Crippen LogP contribution in [0.3, 0.4) is 0 Å². The number of halogens is 12. The van der Waals surface area contributed by atoms with E-state index in [0.29, 0.717) is 0 Å². The third-order valence-corrected chi connectivity index (χ3v) is 11.1. The summed E-state index contributed by atoms with van der Waals surface area (Å²) in [5.74, 6) is 7.47. The van der Waals surface area contributed by atoms with Crippen molar-refractivity contribution >= 4 is 50.9 Å². The van der Waals surface area contributed by atoms with E-state index in [1.807, 2.05) is 42.1 Å². The molecule has 0 aromatic carbocycles. The summed E-state index contributed by atoms with van der Waals surface area (Å²) in [6.07, 6.45) is 30.5. The summed E-state index contributed by atoms with van der Waals surface area (Å²) < 4.78 is 118. The third-order valence-electron chi connectivity index (χ3n) is 8.22. The van der Waals surface area contributed by atoms with E-state index in [2.05, 4.69) is 141 Å². The summed E-state index contributed by atoms with van der Waals surface area (Å²) in [5, 5.41) is 0. The van der Waals surface area contributed by atoms with E-state index in [1.54, 1.807) is 0 Å². The van der Waals surface area contributed by atoms with Crippen LogP contribution in [0.25, 0.3) is 0 Å². The molecular formula is C38H68F12N8P2S3-2. The van der Waals surface area contributed by atoms with E-state index < -0.39 is 15.6 Å². The Morgan fingerprint density at radius 3 is 1.08 bits per heavy atom. The number of hydrogen-bond acceptors (Lipinski definition) is 11. The van der Waals surface area contributed by atoms with E-state index in [1.165, 1.54) is 86.1 Å². The molecule has 0 atom stereocenters. The average Bonchev–Trinajstić information content (AvgIpc) is 4.00. The van der Waals surface area contributed by atoms with Gasteiger partial charge < -0.3 is 39.2 Å². The van der Waals surface area contributed by atoms with Crippen LogP contribution in [0.2, 0.25) is 0 Å². The van der Waals surface area contributed by atoms with Gasteiger partial charge in [0, 0.05) is 93.8 Å². The van der Waals surface area contributed by atoms with Gasteiger partial charge in [0.05, 0.1) is 26.7 Å². The van der Waals surface area contributed by atoms with Gasteiger partial charge in [0.2, 0.25) is 0 Å². The normalized spacial score (nSPS) is 17.7. The van der Waals surface area contributed by atoms with Crippen molar-refractivity contribution < 1.29 is 50.4 Å². The van der Waals surface area contributed by atoms with Crippen molar-refractivity contribution in [2.24, 2.45) is 0 Å². The molecule has 374 valence electrons. The molecule has 8 nitrogen and oxygen atoms in total. The number of rotatable bonds is 24. The van der Waals surface area contributed by atoms with E-state index >= 15 is 0 Å². The molecule has 0 aromatic heterocycles. The van der Waals surface area contributed by atoms with E-state index in [-0.39, 0.29) is 0 Å². The van der Waals surface area contributed by atoms with Crippen LogP contribution in [0, 0.1) is 0 Å². The van der Waals surface area contributed by atoms with Gasteiger partial charge >= 0.3 is 66.0 Å². The van der Waals surface area contributed by atoms with Gasteiger partial charge in [-0.2, -0.15) is 35.3 Å². The van der Waals surface area contributed by atoms with Gasteiger partial charge in [0.15, 0.2) is 0 Å². The summed E-state index contributed by atoms with van der Waals surface area (Å²) in [6, 6.07) is 0. The Labute approximate surface area is 380 Å². The Morgan fingerprint density at radius 1 is 0.397 bits per heavy atom. The monoisotopic (exact) mass is 1020 g/mol. The van der Waals surface area contributed by atoms with Gasteiger partial charge in [0.1, 0.15) is 0 Å². The van der Waals surface area contributed by atoms with Crippen molar-refractivity contribution in [3.05, 3.63) is 87.9 Å². The predicted molar refractivity (Wildman–Crippen MR) is 250 cm³/mol.